The Balaban J connectivity index is 2.46. The topological polar surface area (TPSA) is 59.1 Å². The molecule has 2 aromatic rings. The van der Waals surface area contributed by atoms with Gasteiger partial charge in [-0.15, -0.1) is 11.3 Å². The zero-order valence-electron chi connectivity index (χ0n) is 11.8. The van der Waals surface area contributed by atoms with Gasteiger partial charge in [-0.2, -0.15) is 0 Å². The molecule has 1 heterocycles. The molecule has 108 valence electrons. The van der Waals surface area contributed by atoms with Gasteiger partial charge < -0.3 is 5.32 Å². The third-order valence-corrected chi connectivity index (χ3v) is 5.01. The molecule has 0 spiro atoms. The SMILES string of the molecule is CNCCc1nc(-c2cc(C)ccc2S(C)(=O)=O)cs1. The van der Waals surface area contributed by atoms with Crippen molar-refractivity contribution < 1.29 is 8.42 Å². The normalized spacial score (nSPS) is 11.8. The Bertz CT molecular complexity index is 706. The van der Waals surface area contributed by atoms with Gasteiger partial charge in [0.1, 0.15) is 0 Å². The number of aryl methyl sites for hydroxylation is 1. The van der Waals surface area contributed by atoms with Crippen molar-refractivity contribution in [1.29, 1.82) is 0 Å². The molecule has 4 nitrogen and oxygen atoms in total. The maximum atomic E-state index is 11.9. The van der Waals surface area contributed by atoms with Crippen LogP contribution in [0.4, 0.5) is 0 Å². The van der Waals surface area contributed by atoms with E-state index in [0.29, 0.717) is 10.5 Å². The van der Waals surface area contributed by atoms with E-state index < -0.39 is 9.84 Å². The maximum absolute atomic E-state index is 11.9. The minimum Gasteiger partial charge on any atom is -0.319 e. The molecule has 0 saturated heterocycles. The van der Waals surface area contributed by atoms with Gasteiger partial charge in [0.05, 0.1) is 15.6 Å². The second kappa shape index (κ2) is 6.03. The number of thiazole rings is 1. The summed E-state index contributed by atoms with van der Waals surface area (Å²) in [5.41, 5.74) is 2.46. The van der Waals surface area contributed by atoms with Gasteiger partial charge in [-0.1, -0.05) is 11.6 Å². The van der Waals surface area contributed by atoms with Crippen LogP contribution in [0.25, 0.3) is 11.3 Å². The van der Waals surface area contributed by atoms with Crippen LogP contribution in [0.1, 0.15) is 10.6 Å². The highest BCUT2D eigenvalue weighted by molar-refractivity contribution is 7.90. The van der Waals surface area contributed by atoms with Crippen LogP contribution < -0.4 is 5.32 Å². The smallest absolute Gasteiger partial charge is 0.176 e. The van der Waals surface area contributed by atoms with E-state index in [9.17, 15) is 8.42 Å². The van der Waals surface area contributed by atoms with Crippen molar-refractivity contribution in [3.63, 3.8) is 0 Å². The Kier molecular flexibility index (Phi) is 4.57. The number of sulfone groups is 1. The number of benzene rings is 1. The quantitative estimate of drug-likeness (QED) is 0.920. The van der Waals surface area contributed by atoms with E-state index in [1.807, 2.05) is 31.5 Å². The largest absolute Gasteiger partial charge is 0.319 e. The molecule has 0 aliphatic carbocycles. The van der Waals surface area contributed by atoms with Crippen LogP contribution >= 0.6 is 11.3 Å². The second-order valence-corrected chi connectivity index (χ2v) is 7.68. The fraction of sp³-hybridized carbons (Fsp3) is 0.357. The molecule has 1 N–H and O–H groups in total. The van der Waals surface area contributed by atoms with Crippen LogP contribution in [0, 0.1) is 6.92 Å². The minimum atomic E-state index is -3.25. The van der Waals surface area contributed by atoms with E-state index in [4.69, 9.17) is 0 Å². The lowest BCUT2D eigenvalue weighted by Crippen LogP contribution is -2.10. The van der Waals surface area contributed by atoms with Gasteiger partial charge in [-0.05, 0) is 26.1 Å². The zero-order chi connectivity index (χ0) is 14.8. The average Bonchev–Trinajstić information content (AvgIpc) is 2.83. The molecule has 0 bridgehead atoms. The van der Waals surface area contributed by atoms with Gasteiger partial charge in [-0.25, -0.2) is 13.4 Å². The van der Waals surface area contributed by atoms with E-state index in [-0.39, 0.29) is 0 Å². The number of nitrogens with one attached hydrogen (secondary N) is 1. The van der Waals surface area contributed by atoms with Crippen molar-refractivity contribution in [3.8, 4) is 11.3 Å². The Morgan fingerprint density at radius 3 is 2.75 bits per heavy atom. The summed E-state index contributed by atoms with van der Waals surface area (Å²) in [4.78, 5) is 4.89. The highest BCUT2D eigenvalue weighted by atomic mass is 32.2. The van der Waals surface area contributed by atoms with E-state index in [1.54, 1.807) is 17.4 Å². The second-order valence-electron chi connectivity index (χ2n) is 4.75. The predicted molar refractivity (Wildman–Crippen MR) is 83.0 cm³/mol. The molecule has 0 atom stereocenters. The van der Waals surface area contributed by atoms with Gasteiger partial charge >= 0.3 is 0 Å². The Labute approximate surface area is 123 Å². The van der Waals surface area contributed by atoms with Gasteiger partial charge in [-0.3, -0.25) is 0 Å². The van der Waals surface area contributed by atoms with Gasteiger partial charge in [0.15, 0.2) is 9.84 Å². The lowest BCUT2D eigenvalue weighted by Gasteiger charge is -2.06. The fourth-order valence-corrected chi connectivity index (χ4v) is 3.63. The van der Waals surface area contributed by atoms with Crippen molar-refractivity contribution in [2.45, 2.75) is 18.2 Å². The maximum Gasteiger partial charge on any atom is 0.176 e. The summed E-state index contributed by atoms with van der Waals surface area (Å²) in [6.07, 6.45) is 2.08. The summed E-state index contributed by atoms with van der Waals surface area (Å²) in [7, 11) is -1.35. The molecule has 0 unspecified atom stereocenters. The first kappa shape index (κ1) is 15.2. The molecule has 0 aliphatic heterocycles. The minimum absolute atomic E-state index is 0.341. The molecular weight excluding hydrogens is 292 g/mol. The molecular formula is C14H18N2O2S2. The lowest BCUT2D eigenvalue weighted by molar-refractivity contribution is 0.602. The van der Waals surface area contributed by atoms with Crippen LogP contribution in [-0.2, 0) is 16.3 Å². The van der Waals surface area contributed by atoms with Crippen molar-refractivity contribution in [3.05, 3.63) is 34.2 Å². The molecule has 1 aromatic carbocycles. The van der Waals surface area contributed by atoms with Crippen LogP contribution in [0.2, 0.25) is 0 Å². The van der Waals surface area contributed by atoms with Crippen LogP contribution in [0.3, 0.4) is 0 Å². The molecule has 0 saturated carbocycles. The first-order chi connectivity index (χ1) is 9.41. The number of hydrogen-bond acceptors (Lipinski definition) is 5. The van der Waals surface area contributed by atoms with E-state index >= 15 is 0 Å². The van der Waals surface area contributed by atoms with Gasteiger partial charge in [0.2, 0.25) is 0 Å². The summed E-state index contributed by atoms with van der Waals surface area (Å²) in [6.45, 7) is 2.81. The summed E-state index contributed by atoms with van der Waals surface area (Å²) in [5, 5.41) is 6.02. The van der Waals surface area contributed by atoms with Gasteiger partial charge in [0, 0.05) is 30.2 Å². The predicted octanol–water partition coefficient (Wildman–Crippen LogP) is 2.28. The van der Waals surface area contributed by atoms with Crippen molar-refractivity contribution >= 4 is 21.2 Å². The summed E-state index contributed by atoms with van der Waals surface area (Å²) in [6, 6.07) is 5.36. The van der Waals surface area contributed by atoms with Crippen LogP contribution in [0.15, 0.2) is 28.5 Å². The van der Waals surface area contributed by atoms with Crippen molar-refractivity contribution in [2.75, 3.05) is 19.8 Å². The molecule has 0 amide bonds. The van der Waals surface area contributed by atoms with Crippen molar-refractivity contribution in [2.24, 2.45) is 0 Å². The highest BCUT2D eigenvalue weighted by Gasteiger charge is 2.16. The van der Waals surface area contributed by atoms with E-state index in [0.717, 1.165) is 29.2 Å². The number of nitrogens with zero attached hydrogens (tertiary/aromatic N) is 1. The first-order valence-electron chi connectivity index (χ1n) is 6.32. The first-order valence-corrected chi connectivity index (χ1v) is 9.09. The number of aromatic nitrogens is 1. The third kappa shape index (κ3) is 3.45. The number of likely N-dealkylation sites (N-methyl/N-ethyl adjacent to an activating group) is 1. The number of rotatable bonds is 5. The Morgan fingerprint density at radius 2 is 2.10 bits per heavy atom. The molecule has 1 aromatic heterocycles. The Hall–Kier alpha value is -1.24. The zero-order valence-corrected chi connectivity index (χ0v) is 13.4. The standard InChI is InChI=1S/C14H18N2O2S2/c1-10-4-5-13(20(3,17)18)11(8-10)12-9-19-14(16-12)6-7-15-2/h4-5,8-9,15H,6-7H2,1-3H3. The summed E-state index contributed by atoms with van der Waals surface area (Å²) >= 11 is 1.56. The van der Waals surface area contributed by atoms with Crippen molar-refractivity contribution in [1.82, 2.24) is 10.3 Å². The van der Waals surface area contributed by atoms with E-state index in [1.165, 1.54) is 6.26 Å². The summed E-state index contributed by atoms with van der Waals surface area (Å²) in [5.74, 6) is 0. The molecule has 0 radical (unpaired) electrons. The molecule has 0 fully saturated rings. The van der Waals surface area contributed by atoms with Crippen LogP contribution in [-0.4, -0.2) is 33.2 Å². The molecule has 2 rings (SSSR count). The lowest BCUT2D eigenvalue weighted by atomic mass is 10.1. The van der Waals surface area contributed by atoms with Crippen LogP contribution in [0.5, 0.6) is 0 Å². The average molecular weight is 310 g/mol. The monoisotopic (exact) mass is 310 g/mol. The summed E-state index contributed by atoms with van der Waals surface area (Å²) < 4.78 is 23.8. The third-order valence-electron chi connectivity index (χ3n) is 2.95. The Morgan fingerprint density at radius 1 is 1.35 bits per heavy atom. The fourth-order valence-electron chi connectivity index (χ4n) is 1.95. The molecule has 0 aliphatic rings. The van der Waals surface area contributed by atoms with E-state index in [2.05, 4.69) is 10.3 Å². The molecule has 6 heteroatoms. The molecule has 20 heavy (non-hydrogen) atoms. The highest BCUT2D eigenvalue weighted by Crippen LogP contribution is 2.29. The number of hydrogen-bond donors (Lipinski definition) is 1. The van der Waals surface area contributed by atoms with Gasteiger partial charge in [0.25, 0.3) is 0 Å².